The van der Waals surface area contributed by atoms with Crippen LogP contribution in [0.4, 0.5) is 0 Å². The van der Waals surface area contributed by atoms with Crippen molar-refractivity contribution >= 4 is 17.6 Å². The molecule has 0 amide bonds. The lowest BCUT2D eigenvalue weighted by atomic mass is 9.85. The molecule has 0 aromatic heterocycles. The zero-order valence-corrected chi connectivity index (χ0v) is 8.27. The van der Waals surface area contributed by atoms with Gasteiger partial charge in [-0.05, 0) is 31.8 Å². The van der Waals surface area contributed by atoms with Crippen molar-refractivity contribution in [1.82, 2.24) is 0 Å². The van der Waals surface area contributed by atoms with Crippen molar-refractivity contribution < 1.29 is 9.53 Å². The first-order valence-electron chi connectivity index (χ1n) is 4.77. The Morgan fingerprint density at radius 3 is 2.62 bits per heavy atom. The van der Waals surface area contributed by atoms with Crippen molar-refractivity contribution in [2.24, 2.45) is 0 Å². The normalized spacial score (nSPS) is 25.9. The van der Waals surface area contributed by atoms with Gasteiger partial charge < -0.3 is 4.74 Å². The smallest absolute Gasteiger partial charge is 0.335 e. The molecular formula is C10H13ClO2. The van der Waals surface area contributed by atoms with E-state index in [1.807, 2.05) is 6.08 Å². The highest BCUT2D eigenvalue weighted by atomic mass is 35.5. The molecule has 0 atom stereocenters. The van der Waals surface area contributed by atoms with E-state index in [1.54, 1.807) is 0 Å². The predicted molar refractivity (Wildman–Crippen MR) is 50.7 cm³/mol. The van der Waals surface area contributed by atoms with Crippen LogP contribution in [-0.2, 0) is 9.53 Å². The van der Waals surface area contributed by atoms with Crippen LogP contribution in [0.15, 0.2) is 11.6 Å². The van der Waals surface area contributed by atoms with Gasteiger partial charge in [0, 0.05) is 0 Å². The van der Waals surface area contributed by atoms with Crippen molar-refractivity contribution in [3.8, 4) is 0 Å². The van der Waals surface area contributed by atoms with Gasteiger partial charge in [0.25, 0.3) is 0 Å². The van der Waals surface area contributed by atoms with E-state index in [-0.39, 0.29) is 17.5 Å². The van der Waals surface area contributed by atoms with Crippen LogP contribution in [0.25, 0.3) is 0 Å². The summed E-state index contributed by atoms with van der Waals surface area (Å²) in [5, 5.41) is 0. The zero-order valence-electron chi connectivity index (χ0n) is 7.51. The zero-order chi connectivity index (χ0) is 9.31. The van der Waals surface area contributed by atoms with E-state index in [4.69, 9.17) is 16.3 Å². The van der Waals surface area contributed by atoms with Crippen LogP contribution < -0.4 is 0 Å². The van der Waals surface area contributed by atoms with Crippen molar-refractivity contribution in [2.75, 3.05) is 5.88 Å². The number of rotatable bonds is 1. The number of ether oxygens (including phenoxy) is 1. The third kappa shape index (κ3) is 1.60. The molecular weight excluding hydrogens is 188 g/mol. The fraction of sp³-hybridized carbons (Fsp3) is 0.700. The van der Waals surface area contributed by atoms with Gasteiger partial charge in [0.2, 0.25) is 0 Å². The molecule has 1 heterocycles. The molecule has 1 aliphatic carbocycles. The molecule has 1 spiro atoms. The van der Waals surface area contributed by atoms with Gasteiger partial charge in [-0.15, -0.1) is 11.6 Å². The molecule has 0 saturated heterocycles. The average Bonchev–Trinajstić information content (AvgIpc) is 2.44. The standard InChI is InChI=1S/C10H13ClO2/c11-7-8-6-10(13-9(8)12)4-2-1-3-5-10/h6H,1-5,7H2. The molecule has 2 aliphatic rings. The Kier molecular flexibility index (Phi) is 2.33. The summed E-state index contributed by atoms with van der Waals surface area (Å²) in [5.41, 5.74) is 0.364. The SMILES string of the molecule is O=C1OC2(C=C1CCl)CCCCC2. The van der Waals surface area contributed by atoms with Gasteiger partial charge in [0.05, 0.1) is 11.5 Å². The van der Waals surface area contributed by atoms with Gasteiger partial charge in [-0.1, -0.05) is 6.42 Å². The van der Waals surface area contributed by atoms with Crippen LogP contribution >= 0.6 is 11.6 Å². The molecule has 0 N–H and O–H groups in total. The summed E-state index contributed by atoms with van der Waals surface area (Å²) in [4.78, 5) is 11.3. The number of esters is 1. The van der Waals surface area contributed by atoms with Crippen LogP contribution in [0.5, 0.6) is 0 Å². The number of carbonyl (C=O) groups is 1. The van der Waals surface area contributed by atoms with Crippen LogP contribution in [0, 0.1) is 0 Å². The van der Waals surface area contributed by atoms with Gasteiger partial charge >= 0.3 is 5.97 Å². The predicted octanol–water partition coefficient (Wildman–Crippen LogP) is 2.41. The van der Waals surface area contributed by atoms with E-state index in [0.29, 0.717) is 5.57 Å². The fourth-order valence-electron chi connectivity index (χ4n) is 2.15. The molecule has 2 nitrogen and oxygen atoms in total. The summed E-state index contributed by atoms with van der Waals surface area (Å²) < 4.78 is 5.38. The minimum atomic E-state index is -0.278. The first-order chi connectivity index (χ1) is 6.26. The first-order valence-corrected chi connectivity index (χ1v) is 5.30. The maximum Gasteiger partial charge on any atom is 0.335 e. The molecule has 13 heavy (non-hydrogen) atoms. The minimum Gasteiger partial charge on any atom is -0.451 e. The number of hydrogen-bond acceptors (Lipinski definition) is 2. The molecule has 72 valence electrons. The highest BCUT2D eigenvalue weighted by Gasteiger charge is 2.40. The molecule has 0 unspecified atom stereocenters. The molecule has 3 heteroatoms. The fourth-order valence-corrected chi connectivity index (χ4v) is 2.33. The maximum atomic E-state index is 11.3. The van der Waals surface area contributed by atoms with E-state index in [0.717, 1.165) is 25.7 Å². The largest absolute Gasteiger partial charge is 0.451 e. The third-order valence-corrected chi connectivity index (χ3v) is 3.13. The summed E-state index contributed by atoms with van der Waals surface area (Å²) in [6.07, 6.45) is 7.45. The lowest BCUT2D eigenvalue weighted by Gasteiger charge is -2.30. The lowest BCUT2D eigenvalue weighted by molar-refractivity contribution is -0.148. The quantitative estimate of drug-likeness (QED) is 0.480. The maximum absolute atomic E-state index is 11.3. The summed E-state index contributed by atoms with van der Waals surface area (Å²) in [5.74, 6) is 0.0672. The second-order valence-electron chi connectivity index (χ2n) is 3.82. The summed E-state index contributed by atoms with van der Waals surface area (Å²) >= 11 is 5.64. The van der Waals surface area contributed by atoms with Gasteiger partial charge in [0.1, 0.15) is 5.60 Å². The van der Waals surface area contributed by atoms with Gasteiger partial charge in [0.15, 0.2) is 0 Å². The Bertz CT molecular complexity index is 252. The van der Waals surface area contributed by atoms with Crippen LogP contribution in [0.2, 0.25) is 0 Å². The first kappa shape index (κ1) is 9.07. The Morgan fingerprint density at radius 1 is 1.38 bits per heavy atom. The van der Waals surface area contributed by atoms with Crippen LogP contribution in [0.1, 0.15) is 32.1 Å². The van der Waals surface area contributed by atoms with Crippen LogP contribution in [-0.4, -0.2) is 17.5 Å². The molecule has 1 aliphatic heterocycles. The molecule has 0 aromatic rings. The summed E-state index contributed by atoms with van der Waals surface area (Å²) in [7, 11) is 0. The number of halogens is 1. The van der Waals surface area contributed by atoms with Crippen molar-refractivity contribution in [1.29, 1.82) is 0 Å². The van der Waals surface area contributed by atoms with Crippen molar-refractivity contribution in [3.63, 3.8) is 0 Å². The van der Waals surface area contributed by atoms with E-state index in [1.165, 1.54) is 6.42 Å². The number of hydrogen-bond donors (Lipinski definition) is 0. The molecule has 1 fully saturated rings. The molecule has 0 radical (unpaired) electrons. The van der Waals surface area contributed by atoms with E-state index < -0.39 is 0 Å². The Hall–Kier alpha value is -0.500. The van der Waals surface area contributed by atoms with E-state index >= 15 is 0 Å². The highest BCUT2D eigenvalue weighted by molar-refractivity contribution is 6.22. The molecule has 1 saturated carbocycles. The molecule has 2 rings (SSSR count). The highest BCUT2D eigenvalue weighted by Crippen LogP contribution is 2.38. The third-order valence-electron chi connectivity index (χ3n) is 2.84. The molecule has 0 bridgehead atoms. The monoisotopic (exact) mass is 200 g/mol. The van der Waals surface area contributed by atoms with E-state index in [2.05, 4.69) is 0 Å². The van der Waals surface area contributed by atoms with Gasteiger partial charge in [-0.3, -0.25) is 0 Å². The second kappa shape index (κ2) is 3.33. The van der Waals surface area contributed by atoms with Crippen molar-refractivity contribution in [2.45, 2.75) is 37.7 Å². The second-order valence-corrected chi connectivity index (χ2v) is 4.09. The Labute approximate surface area is 82.9 Å². The topological polar surface area (TPSA) is 26.3 Å². The number of alkyl halides is 1. The van der Waals surface area contributed by atoms with Crippen molar-refractivity contribution in [3.05, 3.63) is 11.6 Å². The lowest BCUT2D eigenvalue weighted by Crippen LogP contribution is -2.30. The summed E-state index contributed by atoms with van der Waals surface area (Å²) in [6, 6.07) is 0. The Morgan fingerprint density at radius 2 is 2.08 bits per heavy atom. The number of carbonyl (C=O) groups excluding carboxylic acids is 1. The summed E-state index contributed by atoms with van der Waals surface area (Å²) in [6.45, 7) is 0. The van der Waals surface area contributed by atoms with E-state index in [9.17, 15) is 4.79 Å². The average molecular weight is 201 g/mol. The Balaban J connectivity index is 2.17. The minimum absolute atomic E-state index is 0.211. The van der Waals surface area contributed by atoms with Gasteiger partial charge in [-0.25, -0.2) is 4.79 Å². The van der Waals surface area contributed by atoms with Crippen LogP contribution in [0.3, 0.4) is 0 Å². The molecule has 0 aromatic carbocycles. The van der Waals surface area contributed by atoms with Gasteiger partial charge in [-0.2, -0.15) is 0 Å².